The highest BCUT2D eigenvalue weighted by atomic mass is 35.5. The Morgan fingerprint density at radius 2 is 2.06 bits per heavy atom. The maximum atomic E-state index is 13.4. The van der Waals surface area contributed by atoms with Crippen molar-refractivity contribution in [3.8, 4) is 11.5 Å². The summed E-state index contributed by atoms with van der Waals surface area (Å²) in [5.41, 5.74) is 1.35. The lowest BCUT2D eigenvalue weighted by Gasteiger charge is -2.15. The summed E-state index contributed by atoms with van der Waals surface area (Å²) < 4.78 is 30.5. The van der Waals surface area contributed by atoms with Crippen molar-refractivity contribution in [2.45, 2.75) is 13.5 Å². The molecule has 1 fully saturated rings. The number of carbonyl (C=O) groups is 1. The first-order chi connectivity index (χ1) is 14.9. The highest BCUT2D eigenvalue weighted by molar-refractivity contribution is 8.26. The Morgan fingerprint density at radius 3 is 2.77 bits per heavy atom. The number of carbonyl (C=O) groups excluding carboxylic acids is 1. The van der Waals surface area contributed by atoms with E-state index in [0.717, 1.165) is 0 Å². The molecule has 5 nitrogen and oxygen atoms in total. The Kier molecular flexibility index (Phi) is 8.31. The van der Waals surface area contributed by atoms with Crippen LogP contribution in [0.2, 0.25) is 5.02 Å². The first-order valence-electron chi connectivity index (χ1n) is 9.50. The number of benzene rings is 2. The minimum Gasteiger partial charge on any atom is -0.490 e. The number of ether oxygens (including phenoxy) is 3. The molecule has 0 bridgehead atoms. The average molecular weight is 482 g/mol. The lowest BCUT2D eigenvalue weighted by Crippen LogP contribution is -2.31. The molecule has 1 amide bonds. The molecule has 0 aromatic heterocycles. The molecule has 1 aliphatic rings. The molecule has 0 N–H and O–H groups in total. The molecule has 31 heavy (non-hydrogen) atoms. The van der Waals surface area contributed by atoms with Crippen LogP contribution in [0.1, 0.15) is 18.1 Å². The zero-order valence-corrected chi connectivity index (χ0v) is 19.4. The third kappa shape index (κ3) is 5.98. The van der Waals surface area contributed by atoms with Crippen molar-refractivity contribution in [2.75, 3.05) is 26.9 Å². The second kappa shape index (κ2) is 10.9. The van der Waals surface area contributed by atoms with Gasteiger partial charge < -0.3 is 14.2 Å². The van der Waals surface area contributed by atoms with Gasteiger partial charge in [-0.2, -0.15) is 0 Å². The predicted octanol–water partition coefficient (Wildman–Crippen LogP) is 5.30. The van der Waals surface area contributed by atoms with Gasteiger partial charge in [-0.3, -0.25) is 9.69 Å². The number of hydrogen-bond acceptors (Lipinski definition) is 6. The number of thioether (sulfide) groups is 1. The maximum absolute atomic E-state index is 13.4. The van der Waals surface area contributed by atoms with Crippen LogP contribution in [0.3, 0.4) is 0 Å². The molecule has 164 valence electrons. The van der Waals surface area contributed by atoms with Gasteiger partial charge in [-0.25, -0.2) is 4.39 Å². The van der Waals surface area contributed by atoms with Gasteiger partial charge in [0.2, 0.25) is 0 Å². The van der Waals surface area contributed by atoms with Gasteiger partial charge in [0.05, 0.1) is 29.7 Å². The zero-order chi connectivity index (χ0) is 22.4. The number of methoxy groups -OCH3 is 1. The fraction of sp³-hybridized carbons (Fsp3) is 0.273. The fourth-order valence-corrected chi connectivity index (χ4v) is 4.47. The SMILES string of the molecule is CCOc1cc(/C=C2\SC(=S)N(CCOC)C2=O)cc(Cl)c1OCc1cccc(F)c1. The third-order valence-electron chi connectivity index (χ3n) is 4.29. The number of rotatable bonds is 9. The zero-order valence-electron chi connectivity index (χ0n) is 17.0. The maximum Gasteiger partial charge on any atom is 0.266 e. The minimum absolute atomic E-state index is 0.134. The van der Waals surface area contributed by atoms with Crippen molar-refractivity contribution >= 4 is 51.9 Å². The van der Waals surface area contributed by atoms with Crippen molar-refractivity contribution in [3.63, 3.8) is 0 Å². The molecule has 0 atom stereocenters. The van der Waals surface area contributed by atoms with Gasteiger partial charge in [0.15, 0.2) is 11.5 Å². The molecule has 2 aromatic rings. The van der Waals surface area contributed by atoms with Crippen molar-refractivity contribution in [1.29, 1.82) is 0 Å². The lowest BCUT2D eigenvalue weighted by atomic mass is 10.1. The summed E-state index contributed by atoms with van der Waals surface area (Å²) in [6.07, 6.45) is 1.72. The van der Waals surface area contributed by atoms with Crippen molar-refractivity contribution < 1.29 is 23.4 Å². The number of halogens is 2. The van der Waals surface area contributed by atoms with Crippen LogP contribution in [-0.2, 0) is 16.1 Å². The average Bonchev–Trinajstić information content (AvgIpc) is 2.98. The smallest absolute Gasteiger partial charge is 0.266 e. The topological polar surface area (TPSA) is 48.0 Å². The van der Waals surface area contributed by atoms with E-state index < -0.39 is 0 Å². The van der Waals surface area contributed by atoms with Gasteiger partial charge in [-0.15, -0.1) is 0 Å². The van der Waals surface area contributed by atoms with Gasteiger partial charge in [0, 0.05) is 7.11 Å². The van der Waals surface area contributed by atoms with Crippen molar-refractivity contribution in [2.24, 2.45) is 0 Å². The number of amides is 1. The molecule has 1 saturated heterocycles. The summed E-state index contributed by atoms with van der Waals surface area (Å²) >= 11 is 13.0. The molecule has 1 aliphatic heterocycles. The van der Waals surface area contributed by atoms with Crippen LogP contribution in [0.4, 0.5) is 4.39 Å². The molecule has 3 rings (SSSR count). The normalized spacial score (nSPS) is 15.1. The van der Waals surface area contributed by atoms with E-state index in [0.29, 0.717) is 56.6 Å². The summed E-state index contributed by atoms with van der Waals surface area (Å²) in [6.45, 7) is 3.18. The third-order valence-corrected chi connectivity index (χ3v) is 5.95. The summed E-state index contributed by atoms with van der Waals surface area (Å²) in [6, 6.07) is 9.58. The van der Waals surface area contributed by atoms with Crippen LogP contribution in [-0.4, -0.2) is 42.0 Å². The van der Waals surface area contributed by atoms with Gasteiger partial charge in [0.1, 0.15) is 16.7 Å². The van der Waals surface area contributed by atoms with E-state index in [-0.39, 0.29) is 18.3 Å². The quantitative estimate of drug-likeness (QED) is 0.357. The summed E-state index contributed by atoms with van der Waals surface area (Å²) in [7, 11) is 1.57. The van der Waals surface area contributed by atoms with Gasteiger partial charge in [-0.1, -0.05) is 47.7 Å². The number of hydrogen-bond donors (Lipinski definition) is 0. The highest BCUT2D eigenvalue weighted by Crippen LogP contribution is 2.39. The standard InChI is InChI=1S/C22H21ClFNO4S2/c1-3-28-18-11-15(12-19-21(26)25(7-8-27-2)22(30)31-19)10-17(23)20(18)29-13-14-5-4-6-16(24)9-14/h4-6,9-12H,3,7-8,13H2,1-2H3/b19-12-. The second-order valence-corrected chi connectivity index (χ2v) is 8.59. The Hall–Kier alpha value is -2.13. The Morgan fingerprint density at radius 1 is 1.26 bits per heavy atom. The lowest BCUT2D eigenvalue weighted by molar-refractivity contribution is -0.122. The fourth-order valence-electron chi connectivity index (χ4n) is 2.88. The number of nitrogens with zero attached hydrogens (tertiary/aromatic N) is 1. The van der Waals surface area contributed by atoms with Crippen LogP contribution in [0, 0.1) is 5.82 Å². The molecule has 0 saturated carbocycles. The van der Waals surface area contributed by atoms with Crippen LogP contribution < -0.4 is 9.47 Å². The molecular formula is C22H21ClFNO4S2. The molecule has 0 unspecified atom stereocenters. The van der Waals surface area contributed by atoms with E-state index in [2.05, 4.69) is 0 Å². The summed E-state index contributed by atoms with van der Waals surface area (Å²) in [5.74, 6) is 0.285. The predicted molar refractivity (Wildman–Crippen MR) is 125 cm³/mol. The molecular weight excluding hydrogens is 461 g/mol. The first kappa shape index (κ1) is 23.5. The van der Waals surface area contributed by atoms with Gasteiger partial charge in [0.25, 0.3) is 5.91 Å². The van der Waals surface area contributed by atoms with Crippen molar-refractivity contribution in [3.05, 3.63) is 63.3 Å². The van der Waals surface area contributed by atoms with E-state index in [4.69, 9.17) is 38.0 Å². The van der Waals surface area contributed by atoms with E-state index in [1.165, 1.54) is 28.8 Å². The Balaban J connectivity index is 1.83. The van der Waals surface area contributed by atoms with Gasteiger partial charge in [-0.05, 0) is 48.4 Å². The summed E-state index contributed by atoms with van der Waals surface area (Å²) in [5, 5.41) is 0.323. The number of thiocarbonyl (C=S) groups is 1. The Bertz CT molecular complexity index is 1020. The monoisotopic (exact) mass is 481 g/mol. The van der Waals surface area contributed by atoms with Crippen molar-refractivity contribution in [1.82, 2.24) is 4.90 Å². The first-order valence-corrected chi connectivity index (χ1v) is 11.1. The molecule has 2 aromatic carbocycles. The van der Waals surface area contributed by atoms with E-state index in [9.17, 15) is 9.18 Å². The molecule has 1 heterocycles. The van der Waals surface area contributed by atoms with Crippen LogP contribution in [0.5, 0.6) is 11.5 Å². The van der Waals surface area contributed by atoms with E-state index in [1.54, 1.807) is 37.5 Å². The van der Waals surface area contributed by atoms with Gasteiger partial charge >= 0.3 is 0 Å². The second-order valence-electron chi connectivity index (χ2n) is 6.51. The summed E-state index contributed by atoms with van der Waals surface area (Å²) in [4.78, 5) is 14.7. The highest BCUT2D eigenvalue weighted by Gasteiger charge is 2.31. The van der Waals surface area contributed by atoms with Crippen LogP contribution in [0.15, 0.2) is 41.3 Å². The Labute approximate surface area is 195 Å². The van der Waals surface area contributed by atoms with E-state index >= 15 is 0 Å². The van der Waals surface area contributed by atoms with Crippen LogP contribution >= 0.6 is 35.6 Å². The largest absolute Gasteiger partial charge is 0.490 e. The minimum atomic E-state index is -0.338. The molecule has 0 spiro atoms. The molecule has 0 aliphatic carbocycles. The van der Waals surface area contributed by atoms with Crippen LogP contribution in [0.25, 0.3) is 6.08 Å². The molecule has 0 radical (unpaired) electrons. The molecule has 9 heteroatoms. The van der Waals surface area contributed by atoms with E-state index in [1.807, 2.05) is 6.92 Å².